The molecule has 0 bridgehead atoms. The second-order valence-electron chi connectivity index (χ2n) is 5.15. The Labute approximate surface area is 154 Å². The van der Waals surface area contributed by atoms with Crippen LogP contribution in [0, 0.1) is 0 Å². The number of halogens is 2. The first-order chi connectivity index (χ1) is 12.0. The van der Waals surface area contributed by atoms with Crippen molar-refractivity contribution in [3.63, 3.8) is 0 Å². The van der Waals surface area contributed by atoms with Crippen LogP contribution >= 0.6 is 34.5 Å². The van der Waals surface area contributed by atoms with E-state index < -0.39 is 5.91 Å². The molecular weight excluding hydrogens is 383 g/mol. The normalized spacial score (nSPS) is 11.1. The third-order valence-electron chi connectivity index (χ3n) is 3.53. The van der Waals surface area contributed by atoms with Gasteiger partial charge in [-0.25, -0.2) is 4.98 Å². The summed E-state index contributed by atoms with van der Waals surface area (Å²) >= 11 is 13.3. The van der Waals surface area contributed by atoms with Crippen molar-refractivity contribution < 1.29 is 9.21 Å². The monoisotopic (exact) mass is 390 g/mol. The number of hydrogen-bond acceptors (Lipinski definition) is 5. The van der Waals surface area contributed by atoms with Gasteiger partial charge in [-0.3, -0.25) is 14.9 Å². The molecule has 1 N–H and O–H groups in total. The number of benzene rings is 2. The number of para-hydroxylation sites is 1. The first-order valence-corrected chi connectivity index (χ1v) is 8.69. The molecule has 124 valence electrons. The van der Waals surface area contributed by atoms with Gasteiger partial charge >= 0.3 is 0 Å². The van der Waals surface area contributed by atoms with Crippen molar-refractivity contribution in [3.8, 4) is 0 Å². The largest absolute Gasteiger partial charge is 0.451 e. The molecule has 0 aliphatic heterocycles. The molecule has 0 aliphatic carbocycles. The summed E-state index contributed by atoms with van der Waals surface area (Å²) in [5, 5.41) is 4.08. The summed E-state index contributed by atoms with van der Waals surface area (Å²) in [6.07, 6.45) is 0. The zero-order valence-corrected chi connectivity index (χ0v) is 14.7. The molecule has 4 aromatic rings. The zero-order chi connectivity index (χ0) is 17.6. The first kappa shape index (κ1) is 16.1. The molecule has 0 saturated carbocycles. The summed E-state index contributed by atoms with van der Waals surface area (Å²) in [6, 6.07) is 11.3. The fraction of sp³-hybridized carbons (Fsp3) is 0. The predicted octanol–water partition coefficient (Wildman–Crippen LogP) is 4.96. The fourth-order valence-corrected chi connectivity index (χ4v) is 3.65. The van der Waals surface area contributed by atoms with E-state index in [-0.39, 0.29) is 11.2 Å². The van der Waals surface area contributed by atoms with Crippen LogP contribution < -0.4 is 10.7 Å². The van der Waals surface area contributed by atoms with E-state index >= 15 is 0 Å². The van der Waals surface area contributed by atoms with E-state index in [1.807, 2.05) is 0 Å². The molecule has 4 rings (SSSR count). The third kappa shape index (κ3) is 2.89. The molecule has 1 amide bonds. The third-order valence-corrected chi connectivity index (χ3v) is 5.26. The topological polar surface area (TPSA) is 72.2 Å². The maximum atomic E-state index is 12.4. The molecule has 0 spiro atoms. The number of nitrogens with zero attached hydrogens (tertiary/aromatic N) is 1. The van der Waals surface area contributed by atoms with E-state index in [2.05, 4.69) is 10.3 Å². The van der Waals surface area contributed by atoms with Crippen LogP contribution in [0.2, 0.25) is 10.0 Å². The molecule has 5 nitrogen and oxygen atoms in total. The molecule has 0 saturated heterocycles. The SMILES string of the molecule is O=C(Nc1nc2c(Cl)c(Cl)ccc2s1)c1cc(=O)c2ccccc2o1. The van der Waals surface area contributed by atoms with E-state index in [9.17, 15) is 9.59 Å². The maximum Gasteiger partial charge on any atom is 0.293 e. The summed E-state index contributed by atoms with van der Waals surface area (Å²) in [7, 11) is 0. The summed E-state index contributed by atoms with van der Waals surface area (Å²) in [4.78, 5) is 28.8. The van der Waals surface area contributed by atoms with Crippen molar-refractivity contribution >= 4 is 66.8 Å². The molecule has 0 fully saturated rings. The van der Waals surface area contributed by atoms with Crippen LogP contribution in [0.25, 0.3) is 21.2 Å². The van der Waals surface area contributed by atoms with Crippen LogP contribution in [0.5, 0.6) is 0 Å². The lowest BCUT2D eigenvalue weighted by atomic mass is 10.2. The smallest absolute Gasteiger partial charge is 0.293 e. The second-order valence-corrected chi connectivity index (χ2v) is 6.97. The van der Waals surface area contributed by atoms with Crippen molar-refractivity contribution in [3.05, 3.63) is 68.5 Å². The van der Waals surface area contributed by atoms with Gasteiger partial charge in [0.25, 0.3) is 5.91 Å². The molecular formula is C17H8Cl2N2O3S. The lowest BCUT2D eigenvalue weighted by molar-refractivity contribution is 0.0997. The fourth-order valence-electron chi connectivity index (χ4n) is 2.37. The van der Waals surface area contributed by atoms with Gasteiger partial charge < -0.3 is 4.42 Å². The first-order valence-electron chi connectivity index (χ1n) is 7.12. The van der Waals surface area contributed by atoms with Gasteiger partial charge in [0.1, 0.15) is 11.1 Å². The molecule has 25 heavy (non-hydrogen) atoms. The number of nitrogens with one attached hydrogen (secondary N) is 1. The van der Waals surface area contributed by atoms with Crippen molar-refractivity contribution in [1.82, 2.24) is 4.98 Å². The Balaban J connectivity index is 1.70. The Morgan fingerprint density at radius 1 is 1.16 bits per heavy atom. The number of hydrogen-bond donors (Lipinski definition) is 1. The standard InChI is InChI=1S/C17H8Cl2N2O3S/c18-9-5-6-13-15(14(9)19)20-17(25-13)21-16(23)12-7-10(22)8-3-1-2-4-11(8)24-12/h1-7H,(H,20,21,23). The lowest BCUT2D eigenvalue weighted by Gasteiger charge is -2.02. The number of aromatic nitrogens is 1. The van der Waals surface area contributed by atoms with Crippen LogP contribution in [0.1, 0.15) is 10.6 Å². The average Bonchev–Trinajstić information content (AvgIpc) is 3.01. The molecule has 8 heteroatoms. The highest BCUT2D eigenvalue weighted by atomic mass is 35.5. The summed E-state index contributed by atoms with van der Waals surface area (Å²) < 4.78 is 6.29. The Morgan fingerprint density at radius 3 is 2.80 bits per heavy atom. The van der Waals surface area contributed by atoms with E-state index in [0.717, 1.165) is 10.8 Å². The lowest BCUT2D eigenvalue weighted by Crippen LogP contribution is -2.14. The van der Waals surface area contributed by atoms with Crippen molar-refractivity contribution in [2.24, 2.45) is 0 Å². The average molecular weight is 391 g/mol. The van der Waals surface area contributed by atoms with Gasteiger partial charge in [0.2, 0.25) is 0 Å². The van der Waals surface area contributed by atoms with Crippen LogP contribution in [0.15, 0.2) is 51.7 Å². The highest BCUT2D eigenvalue weighted by molar-refractivity contribution is 7.22. The van der Waals surface area contributed by atoms with Gasteiger partial charge in [-0.15, -0.1) is 0 Å². The van der Waals surface area contributed by atoms with Crippen LogP contribution in [-0.4, -0.2) is 10.9 Å². The molecule has 2 aromatic carbocycles. The van der Waals surface area contributed by atoms with E-state index in [1.165, 1.54) is 11.3 Å². The Bertz CT molecular complexity index is 1200. The number of thiazole rings is 1. The number of carbonyl (C=O) groups excluding carboxylic acids is 1. The van der Waals surface area contributed by atoms with Crippen LogP contribution in [-0.2, 0) is 0 Å². The quantitative estimate of drug-likeness (QED) is 0.524. The number of amides is 1. The Kier molecular flexibility index (Phi) is 3.95. The van der Waals surface area contributed by atoms with Crippen molar-refractivity contribution in [1.29, 1.82) is 0 Å². The summed E-state index contributed by atoms with van der Waals surface area (Å²) in [5.74, 6) is -0.656. The zero-order valence-electron chi connectivity index (χ0n) is 12.4. The van der Waals surface area contributed by atoms with Crippen molar-refractivity contribution in [2.75, 3.05) is 5.32 Å². The van der Waals surface area contributed by atoms with Gasteiger partial charge in [0.05, 0.1) is 20.1 Å². The second kappa shape index (κ2) is 6.15. The van der Waals surface area contributed by atoms with Crippen LogP contribution in [0.4, 0.5) is 5.13 Å². The number of anilines is 1. The minimum atomic E-state index is -0.566. The Morgan fingerprint density at radius 2 is 1.96 bits per heavy atom. The molecule has 0 atom stereocenters. The minimum Gasteiger partial charge on any atom is -0.451 e. The van der Waals surface area contributed by atoms with Gasteiger partial charge in [-0.2, -0.15) is 0 Å². The molecule has 2 aromatic heterocycles. The van der Waals surface area contributed by atoms with Crippen molar-refractivity contribution in [2.45, 2.75) is 0 Å². The molecule has 2 heterocycles. The van der Waals surface area contributed by atoms with E-state index in [0.29, 0.717) is 31.7 Å². The van der Waals surface area contributed by atoms with Gasteiger partial charge in [0, 0.05) is 6.07 Å². The highest BCUT2D eigenvalue weighted by Crippen LogP contribution is 2.35. The summed E-state index contributed by atoms with van der Waals surface area (Å²) in [5.41, 5.74) is 0.569. The maximum absolute atomic E-state index is 12.4. The van der Waals surface area contributed by atoms with Gasteiger partial charge in [-0.1, -0.05) is 46.7 Å². The van der Waals surface area contributed by atoms with Gasteiger partial charge in [-0.05, 0) is 24.3 Å². The number of rotatable bonds is 2. The Hall–Kier alpha value is -2.41. The number of fused-ring (bicyclic) bond motifs is 2. The highest BCUT2D eigenvalue weighted by Gasteiger charge is 2.16. The predicted molar refractivity (Wildman–Crippen MR) is 100 cm³/mol. The van der Waals surface area contributed by atoms with E-state index in [1.54, 1.807) is 36.4 Å². The minimum absolute atomic E-state index is 0.0907. The van der Waals surface area contributed by atoms with E-state index in [4.69, 9.17) is 27.6 Å². The van der Waals surface area contributed by atoms with Gasteiger partial charge in [0.15, 0.2) is 16.3 Å². The number of carbonyl (C=O) groups is 1. The van der Waals surface area contributed by atoms with Crippen LogP contribution in [0.3, 0.4) is 0 Å². The summed E-state index contributed by atoms with van der Waals surface area (Å²) in [6.45, 7) is 0. The molecule has 0 radical (unpaired) electrons. The molecule has 0 unspecified atom stereocenters. The molecule has 0 aliphatic rings.